The van der Waals surface area contributed by atoms with Crippen molar-refractivity contribution in [2.24, 2.45) is 0 Å². The van der Waals surface area contributed by atoms with Crippen LogP contribution in [0.5, 0.6) is 5.88 Å². The van der Waals surface area contributed by atoms with Gasteiger partial charge in [0.15, 0.2) is 0 Å². The molecular formula is C23H22N4O3S. The fraction of sp³-hybridized carbons (Fsp3) is 0.217. The molecule has 1 aromatic carbocycles. The summed E-state index contributed by atoms with van der Waals surface area (Å²) in [5, 5.41) is 11.6. The predicted octanol–water partition coefficient (Wildman–Crippen LogP) is 3.76. The molecule has 0 aliphatic rings. The van der Waals surface area contributed by atoms with Gasteiger partial charge in [0, 0.05) is 31.2 Å². The third-order valence-electron chi connectivity index (χ3n) is 5.10. The summed E-state index contributed by atoms with van der Waals surface area (Å²) < 4.78 is 5.16. The quantitative estimate of drug-likeness (QED) is 0.497. The molecule has 8 heteroatoms. The Kier molecular flexibility index (Phi) is 5.92. The molecule has 1 unspecified atom stereocenters. The van der Waals surface area contributed by atoms with E-state index in [9.17, 15) is 9.90 Å². The first kappa shape index (κ1) is 20.9. The van der Waals surface area contributed by atoms with Gasteiger partial charge < -0.3 is 14.7 Å². The van der Waals surface area contributed by atoms with E-state index >= 15 is 0 Å². The van der Waals surface area contributed by atoms with Crippen LogP contribution in [0.1, 0.15) is 38.2 Å². The Bertz CT molecular complexity index is 1230. The summed E-state index contributed by atoms with van der Waals surface area (Å²) in [6.45, 7) is 2.29. The maximum atomic E-state index is 13.2. The minimum atomic E-state index is -0.898. The monoisotopic (exact) mass is 434 g/mol. The van der Waals surface area contributed by atoms with Gasteiger partial charge in [0.1, 0.15) is 17.3 Å². The number of ether oxygens (including phenoxy) is 1. The normalized spacial score (nSPS) is 12.0. The summed E-state index contributed by atoms with van der Waals surface area (Å²) in [6.07, 6.45) is 2.19. The molecule has 1 amide bonds. The lowest BCUT2D eigenvalue weighted by Gasteiger charge is -2.17. The van der Waals surface area contributed by atoms with E-state index in [-0.39, 0.29) is 5.91 Å². The van der Waals surface area contributed by atoms with Crippen LogP contribution in [-0.2, 0) is 6.54 Å². The second-order valence-corrected chi connectivity index (χ2v) is 8.18. The zero-order valence-corrected chi connectivity index (χ0v) is 18.3. The van der Waals surface area contributed by atoms with Crippen molar-refractivity contribution in [3.8, 4) is 5.88 Å². The molecule has 0 saturated carbocycles. The van der Waals surface area contributed by atoms with Crippen molar-refractivity contribution in [1.29, 1.82) is 0 Å². The van der Waals surface area contributed by atoms with Crippen LogP contribution in [0.3, 0.4) is 0 Å². The third-order valence-corrected chi connectivity index (χ3v) is 6.29. The van der Waals surface area contributed by atoms with Gasteiger partial charge in [0.2, 0.25) is 5.88 Å². The van der Waals surface area contributed by atoms with Crippen LogP contribution in [-0.4, -0.2) is 45.0 Å². The lowest BCUT2D eigenvalue weighted by Crippen LogP contribution is -2.26. The summed E-state index contributed by atoms with van der Waals surface area (Å²) in [5.74, 6) is 0.391. The molecule has 0 saturated heterocycles. The van der Waals surface area contributed by atoms with Gasteiger partial charge in [-0.25, -0.2) is 15.0 Å². The molecule has 0 spiro atoms. The molecule has 1 N–H and O–H groups in total. The van der Waals surface area contributed by atoms with Crippen LogP contribution in [0, 0.1) is 6.92 Å². The highest BCUT2D eigenvalue weighted by Crippen LogP contribution is 2.35. The first-order chi connectivity index (χ1) is 15.0. The second kappa shape index (κ2) is 8.79. The number of thiophene rings is 1. The topological polar surface area (TPSA) is 88.4 Å². The zero-order chi connectivity index (χ0) is 22.0. The van der Waals surface area contributed by atoms with Gasteiger partial charge in [-0.3, -0.25) is 4.79 Å². The average Bonchev–Trinajstić information content (AvgIpc) is 3.15. The largest absolute Gasteiger partial charge is 0.481 e. The van der Waals surface area contributed by atoms with Crippen LogP contribution in [0.2, 0.25) is 0 Å². The van der Waals surface area contributed by atoms with Gasteiger partial charge in [0.05, 0.1) is 17.7 Å². The average molecular weight is 435 g/mol. The number of benzene rings is 1. The summed E-state index contributed by atoms with van der Waals surface area (Å²) in [4.78, 5) is 28.9. The van der Waals surface area contributed by atoms with E-state index in [0.717, 1.165) is 22.1 Å². The number of aliphatic hydroxyl groups is 1. The van der Waals surface area contributed by atoms with E-state index in [2.05, 4.69) is 15.0 Å². The van der Waals surface area contributed by atoms with Crippen LogP contribution in [0.15, 0.2) is 55.0 Å². The summed E-state index contributed by atoms with van der Waals surface area (Å²) in [7, 11) is 3.31. The third kappa shape index (κ3) is 4.12. The minimum Gasteiger partial charge on any atom is -0.481 e. The maximum Gasteiger partial charge on any atom is 0.264 e. The fourth-order valence-electron chi connectivity index (χ4n) is 3.48. The molecule has 0 bridgehead atoms. The Hall–Kier alpha value is -3.36. The van der Waals surface area contributed by atoms with Crippen molar-refractivity contribution in [1.82, 2.24) is 19.9 Å². The number of amides is 1. The van der Waals surface area contributed by atoms with Crippen molar-refractivity contribution < 1.29 is 14.6 Å². The highest BCUT2D eigenvalue weighted by molar-refractivity contribution is 7.20. The molecule has 4 rings (SSSR count). The SMILES string of the molecule is COc1cc(CN(C)C(=O)c2sc3ncnc(C(O)c4ccccc4)c3c2C)ccn1. The first-order valence-corrected chi connectivity index (χ1v) is 10.5. The van der Waals surface area contributed by atoms with E-state index in [4.69, 9.17) is 4.74 Å². The van der Waals surface area contributed by atoms with E-state index in [1.807, 2.05) is 43.3 Å². The van der Waals surface area contributed by atoms with E-state index in [0.29, 0.717) is 27.8 Å². The number of rotatable bonds is 6. The number of pyridine rings is 1. The molecule has 3 aromatic heterocycles. The number of aromatic nitrogens is 3. The van der Waals surface area contributed by atoms with Gasteiger partial charge in [-0.15, -0.1) is 11.3 Å². The van der Waals surface area contributed by atoms with E-state index in [1.165, 1.54) is 17.7 Å². The molecule has 0 fully saturated rings. The van der Waals surface area contributed by atoms with Crippen LogP contribution >= 0.6 is 11.3 Å². The lowest BCUT2D eigenvalue weighted by molar-refractivity contribution is 0.0789. The highest BCUT2D eigenvalue weighted by Gasteiger charge is 2.24. The number of aliphatic hydroxyl groups excluding tert-OH is 1. The first-order valence-electron chi connectivity index (χ1n) is 9.71. The Morgan fingerprint density at radius 2 is 1.97 bits per heavy atom. The Balaban J connectivity index is 1.67. The molecule has 31 heavy (non-hydrogen) atoms. The lowest BCUT2D eigenvalue weighted by atomic mass is 10.0. The molecular weight excluding hydrogens is 412 g/mol. The maximum absolute atomic E-state index is 13.2. The fourth-order valence-corrected chi connectivity index (χ4v) is 4.63. The number of nitrogens with zero attached hydrogens (tertiary/aromatic N) is 4. The number of hydrogen-bond acceptors (Lipinski definition) is 7. The molecule has 158 valence electrons. The van der Waals surface area contributed by atoms with Crippen molar-refractivity contribution in [3.05, 3.63) is 82.3 Å². The molecule has 0 aliphatic carbocycles. The second-order valence-electron chi connectivity index (χ2n) is 7.18. The van der Waals surface area contributed by atoms with Gasteiger partial charge in [-0.1, -0.05) is 30.3 Å². The predicted molar refractivity (Wildman–Crippen MR) is 119 cm³/mol. The van der Waals surface area contributed by atoms with Gasteiger partial charge in [-0.05, 0) is 29.7 Å². The molecule has 7 nitrogen and oxygen atoms in total. The summed E-state index contributed by atoms with van der Waals surface area (Å²) in [6, 6.07) is 13.0. The number of fused-ring (bicyclic) bond motifs is 1. The Morgan fingerprint density at radius 1 is 1.19 bits per heavy atom. The van der Waals surface area contributed by atoms with Crippen molar-refractivity contribution in [2.45, 2.75) is 19.6 Å². The summed E-state index contributed by atoms with van der Waals surface area (Å²) >= 11 is 1.31. The van der Waals surface area contributed by atoms with Crippen molar-refractivity contribution in [3.63, 3.8) is 0 Å². The van der Waals surface area contributed by atoms with Crippen molar-refractivity contribution >= 4 is 27.5 Å². The van der Waals surface area contributed by atoms with Gasteiger partial charge in [-0.2, -0.15) is 0 Å². The molecule has 1 atom stereocenters. The molecule has 3 heterocycles. The van der Waals surface area contributed by atoms with Gasteiger partial charge >= 0.3 is 0 Å². The molecule has 4 aromatic rings. The van der Waals surface area contributed by atoms with E-state index in [1.54, 1.807) is 31.3 Å². The molecule has 0 radical (unpaired) electrons. The van der Waals surface area contributed by atoms with Crippen molar-refractivity contribution in [2.75, 3.05) is 14.2 Å². The van der Waals surface area contributed by atoms with E-state index < -0.39 is 6.10 Å². The number of aryl methyl sites for hydroxylation is 1. The van der Waals surface area contributed by atoms with Crippen LogP contribution in [0.25, 0.3) is 10.2 Å². The highest BCUT2D eigenvalue weighted by atomic mass is 32.1. The summed E-state index contributed by atoms with van der Waals surface area (Å²) in [5.41, 5.74) is 2.94. The zero-order valence-electron chi connectivity index (χ0n) is 17.4. The number of methoxy groups -OCH3 is 1. The molecule has 0 aliphatic heterocycles. The van der Waals surface area contributed by atoms with Crippen LogP contribution < -0.4 is 4.74 Å². The minimum absolute atomic E-state index is 0.114. The Labute approximate surface area is 184 Å². The van der Waals surface area contributed by atoms with Crippen LogP contribution in [0.4, 0.5) is 0 Å². The number of carbonyl (C=O) groups excluding carboxylic acids is 1. The number of hydrogen-bond donors (Lipinski definition) is 1. The standard InChI is InChI=1S/C23H22N4O3S/c1-14-18-19(20(28)16-7-5-4-6-8-16)25-13-26-22(18)31-21(14)23(29)27(2)12-15-9-10-24-17(11-15)30-3/h4-11,13,20,28H,12H2,1-3H3. The number of carbonyl (C=O) groups is 1. The Morgan fingerprint density at radius 3 is 2.71 bits per heavy atom. The van der Waals surface area contributed by atoms with Gasteiger partial charge in [0.25, 0.3) is 5.91 Å². The smallest absolute Gasteiger partial charge is 0.264 e.